The molecule has 0 amide bonds. The van der Waals surface area contributed by atoms with Crippen LogP contribution in [0.2, 0.25) is 5.02 Å². The Kier molecular flexibility index (Phi) is 7.61. The summed E-state index contributed by atoms with van der Waals surface area (Å²) in [7, 11) is 0. The SMILES string of the molecule is CCCc1cc(=O)[nH]c(SCCCN2CCN(c3cccc(Cl)c3)CC2)n1. The van der Waals surface area contributed by atoms with Crippen molar-refractivity contribution in [3.8, 4) is 0 Å². The summed E-state index contributed by atoms with van der Waals surface area (Å²) in [5, 5.41) is 1.54. The van der Waals surface area contributed by atoms with Gasteiger partial charge in [0.1, 0.15) is 0 Å². The fraction of sp³-hybridized carbons (Fsp3) is 0.500. The lowest BCUT2D eigenvalue weighted by atomic mass is 10.2. The predicted molar refractivity (Wildman–Crippen MR) is 114 cm³/mol. The van der Waals surface area contributed by atoms with Gasteiger partial charge < -0.3 is 9.88 Å². The zero-order valence-electron chi connectivity index (χ0n) is 15.8. The van der Waals surface area contributed by atoms with Gasteiger partial charge in [-0.2, -0.15) is 0 Å². The van der Waals surface area contributed by atoms with Crippen molar-refractivity contribution < 1.29 is 0 Å². The fourth-order valence-corrected chi connectivity index (χ4v) is 4.30. The van der Waals surface area contributed by atoms with Crippen LogP contribution in [0.3, 0.4) is 0 Å². The second-order valence-electron chi connectivity index (χ2n) is 6.80. The van der Waals surface area contributed by atoms with Crippen LogP contribution in [-0.2, 0) is 6.42 Å². The number of rotatable bonds is 8. The second kappa shape index (κ2) is 10.2. The van der Waals surface area contributed by atoms with Gasteiger partial charge in [-0.1, -0.05) is 42.8 Å². The highest BCUT2D eigenvalue weighted by molar-refractivity contribution is 7.99. The lowest BCUT2D eigenvalue weighted by Crippen LogP contribution is -2.46. The van der Waals surface area contributed by atoms with Crippen molar-refractivity contribution in [2.75, 3.05) is 43.4 Å². The molecule has 1 aromatic carbocycles. The number of hydrogen-bond donors (Lipinski definition) is 1. The molecule has 3 rings (SSSR count). The molecule has 27 heavy (non-hydrogen) atoms. The maximum Gasteiger partial charge on any atom is 0.251 e. The molecule has 0 radical (unpaired) electrons. The lowest BCUT2D eigenvalue weighted by molar-refractivity contribution is 0.259. The minimum absolute atomic E-state index is 0.0481. The number of aryl methyl sites for hydroxylation is 1. The minimum atomic E-state index is -0.0481. The number of aromatic nitrogens is 2. The van der Waals surface area contributed by atoms with Gasteiger partial charge in [-0.05, 0) is 37.6 Å². The largest absolute Gasteiger partial charge is 0.369 e. The molecule has 2 heterocycles. The van der Waals surface area contributed by atoms with Crippen LogP contribution in [0, 0.1) is 0 Å². The first-order chi connectivity index (χ1) is 13.1. The average Bonchev–Trinajstić information content (AvgIpc) is 2.66. The van der Waals surface area contributed by atoms with Crippen LogP contribution in [0.5, 0.6) is 0 Å². The van der Waals surface area contributed by atoms with Crippen LogP contribution in [-0.4, -0.2) is 53.3 Å². The molecule has 1 aliphatic rings. The first-order valence-electron chi connectivity index (χ1n) is 9.60. The van der Waals surface area contributed by atoms with Gasteiger partial charge in [0.25, 0.3) is 5.56 Å². The standard InChI is InChI=1S/C20H27ClN4OS/c1-2-5-17-15-19(26)23-20(22-17)27-13-4-8-24-9-11-25(12-10-24)18-7-3-6-16(21)14-18/h3,6-7,14-15H,2,4-5,8-13H2,1H3,(H,22,23,26). The summed E-state index contributed by atoms with van der Waals surface area (Å²) in [5.41, 5.74) is 2.05. The summed E-state index contributed by atoms with van der Waals surface area (Å²) in [5.74, 6) is 0.965. The van der Waals surface area contributed by atoms with E-state index < -0.39 is 0 Å². The summed E-state index contributed by atoms with van der Waals surface area (Å²) in [6.07, 6.45) is 2.94. The van der Waals surface area contributed by atoms with E-state index in [1.165, 1.54) is 5.69 Å². The van der Waals surface area contributed by atoms with Crippen LogP contribution >= 0.6 is 23.4 Å². The third-order valence-electron chi connectivity index (χ3n) is 4.68. The lowest BCUT2D eigenvalue weighted by Gasteiger charge is -2.36. The Morgan fingerprint density at radius 2 is 2.04 bits per heavy atom. The Morgan fingerprint density at radius 1 is 1.22 bits per heavy atom. The Hall–Kier alpha value is -1.50. The molecule has 2 aromatic rings. The molecule has 1 N–H and O–H groups in total. The minimum Gasteiger partial charge on any atom is -0.369 e. The van der Waals surface area contributed by atoms with Crippen LogP contribution in [0.15, 0.2) is 40.3 Å². The molecule has 146 valence electrons. The van der Waals surface area contributed by atoms with E-state index >= 15 is 0 Å². The van der Waals surface area contributed by atoms with Gasteiger partial charge in [0.2, 0.25) is 0 Å². The quantitative estimate of drug-likeness (QED) is 0.411. The average molecular weight is 407 g/mol. The number of aromatic amines is 1. The molecule has 0 aliphatic carbocycles. The molecule has 1 saturated heterocycles. The van der Waals surface area contributed by atoms with Crippen molar-refractivity contribution in [3.05, 3.63) is 51.4 Å². The molecule has 0 spiro atoms. The predicted octanol–water partition coefficient (Wildman–Crippen LogP) is 3.68. The number of thioether (sulfide) groups is 1. The van der Waals surface area contributed by atoms with Crippen molar-refractivity contribution in [2.24, 2.45) is 0 Å². The number of piperazine rings is 1. The van der Waals surface area contributed by atoms with Crippen molar-refractivity contribution >= 4 is 29.1 Å². The first-order valence-corrected chi connectivity index (χ1v) is 11.0. The molecule has 0 atom stereocenters. The smallest absolute Gasteiger partial charge is 0.251 e. The van der Waals surface area contributed by atoms with Crippen LogP contribution in [0.4, 0.5) is 5.69 Å². The number of anilines is 1. The Labute approximate surface area is 170 Å². The van der Waals surface area contributed by atoms with Crippen molar-refractivity contribution in [3.63, 3.8) is 0 Å². The molecule has 1 fully saturated rings. The van der Waals surface area contributed by atoms with E-state index in [2.05, 4.69) is 32.8 Å². The highest BCUT2D eigenvalue weighted by Gasteiger charge is 2.17. The van der Waals surface area contributed by atoms with Gasteiger partial charge in [-0.3, -0.25) is 9.69 Å². The third-order valence-corrected chi connectivity index (χ3v) is 5.88. The Balaban J connectivity index is 1.39. The number of halogens is 1. The zero-order chi connectivity index (χ0) is 19.1. The normalized spacial score (nSPS) is 15.3. The van der Waals surface area contributed by atoms with Crippen LogP contribution in [0.1, 0.15) is 25.5 Å². The molecule has 1 aromatic heterocycles. The highest BCUT2D eigenvalue weighted by atomic mass is 35.5. The van der Waals surface area contributed by atoms with Gasteiger partial charge in [0.15, 0.2) is 5.16 Å². The van der Waals surface area contributed by atoms with Crippen molar-refractivity contribution in [1.82, 2.24) is 14.9 Å². The molecule has 0 unspecified atom stereocenters. The van der Waals surface area contributed by atoms with Crippen molar-refractivity contribution in [2.45, 2.75) is 31.3 Å². The Morgan fingerprint density at radius 3 is 2.78 bits per heavy atom. The molecular formula is C20H27ClN4OS. The van der Waals surface area contributed by atoms with Gasteiger partial charge in [0, 0.05) is 54.4 Å². The molecule has 1 aliphatic heterocycles. The van der Waals surface area contributed by atoms with Gasteiger partial charge >= 0.3 is 0 Å². The van der Waals surface area contributed by atoms with Crippen LogP contribution < -0.4 is 10.5 Å². The maximum absolute atomic E-state index is 11.7. The Bertz CT molecular complexity index is 790. The molecule has 5 nitrogen and oxygen atoms in total. The van der Waals surface area contributed by atoms with Crippen molar-refractivity contribution in [1.29, 1.82) is 0 Å². The number of benzene rings is 1. The topological polar surface area (TPSA) is 52.2 Å². The number of nitrogens with one attached hydrogen (secondary N) is 1. The zero-order valence-corrected chi connectivity index (χ0v) is 17.4. The summed E-state index contributed by atoms with van der Waals surface area (Å²) in [6, 6.07) is 9.69. The molecule has 0 bridgehead atoms. The third kappa shape index (κ3) is 6.26. The molecule has 7 heteroatoms. The second-order valence-corrected chi connectivity index (χ2v) is 8.32. The molecule has 0 saturated carbocycles. The molecular weight excluding hydrogens is 380 g/mol. The summed E-state index contributed by atoms with van der Waals surface area (Å²) in [4.78, 5) is 24.0. The van der Waals surface area contributed by atoms with E-state index in [0.29, 0.717) is 0 Å². The van der Waals surface area contributed by atoms with E-state index in [9.17, 15) is 4.79 Å². The van der Waals surface area contributed by atoms with E-state index in [0.717, 1.165) is 73.6 Å². The van der Waals surface area contributed by atoms with E-state index in [4.69, 9.17) is 11.6 Å². The monoisotopic (exact) mass is 406 g/mol. The van der Waals surface area contributed by atoms with E-state index in [1.54, 1.807) is 17.8 Å². The number of nitrogens with zero attached hydrogens (tertiary/aromatic N) is 3. The summed E-state index contributed by atoms with van der Waals surface area (Å²) in [6.45, 7) is 7.37. The van der Waals surface area contributed by atoms with Gasteiger partial charge in [0.05, 0.1) is 0 Å². The van der Waals surface area contributed by atoms with Gasteiger partial charge in [-0.25, -0.2) is 4.98 Å². The van der Waals surface area contributed by atoms with E-state index in [1.807, 2.05) is 18.2 Å². The first kappa shape index (κ1) is 20.2. The summed E-state index contributed by atoms with van der Waals surface area (Å²) < 4.78 is 0. The number of H-pyrrole nitrogens is 1. The van der Waals surface area contributed by atoms with Gasteiger partial charge in [-0.15, -0.1) is 0 Å². The van der Waals surface area contributed by atoms with E-state index in [-0.39, 0.29) is 5.56 Å². The summed E-state index contributed by atoms with van der Waals surface area (Å²) >= 11 is 7.74. The highest BCUT2D eigenvalue weighted by Crippen LogP contribution is 2.21. The maximum atomic E-state index is 11.7. The fourth-order valence-electron chi connectivity index (χ4n) is 3.30. The van der Waals surface area contributed by atoms with Crippen LogP contribution in [0.25, 0.3) is 0 Å². The number of hydrogen-bond acceptors (Lipinski definition) is 5.